The van der Waals surface area contributed by atoms with Crippen LogP contribution >= 0.6 is 0 Å². The maximum atomic E-state index is 10.2. The molecule has 2 aliphatic rings. The predicted octanol–water partition coefficient (Wildman–Crippen LogP) is 1.61. The maximum absolute atomic E-state index is 10.2. The number of rotatable bonds is 6. The van der Waals surface area contributed by atoms with Gasteiger partial charge in [-0.15, -0.1) is 0 Å². The molecule has 2 N–H and O–H groups in total. The average molecular weight is 319 g/mol. The Morgan fingerprint density at radius 2 is 2.04 bits per heavy atom. The van der Waals surface area contributed by atoms with Crippen molar-refractivity contribution >= 4 is 0 Å². The van der Waals surface area contributed by atoms with Gasteiger partial charge < -0.3 is 24.6 Å². The summed E-state index contributed by atoms with van der Waals surface area (Å²) in [5, 5.41) is 13.5. The molecule has 5 nitrogen and oxygen atoms in total. The van der Waals surface area contributed by atoms with Crippen LogP contribution in [-0.4, -0.2) is 48.9 Å². The van der Waals surface area contributed by atoms with Gasteiger partial charge in [-0.1, -0.05) is 30.3 Å². The van der Waals surface area contributed by atoms with Gasteiger partial charge in [0.1, 0.15) is 18.0 Å². The molecule has 0 unspecified atom stereocenters. The summed E-state index contributed by atoms with van der Waals surface area (Å²) in [6.07, 6.45) is 1.45. The number of ether oxygens (including phenoxy) is 3. The molecule has 126 valence electrons. The molecular weight excluding hydrogens is 294 g/mol. The Kier molecular flexibility index (Phi) is 5.02. The van der Waals surface area contributed by atoms with Gasteiger partial charge in [-0.3, -0.25) is 0 Å². The average Bonchev–Trinajstić information content (AvgIpc) is 3.07. The molecule has 1 aromatic rings. The molecule has 2 heterocycles. The Labute approximate surface area is 137 Å². The fraction of sp³-hybridized carbons (Fsp3) is 0.556. The maximum Gasteiger partial charge on any atom is 0.163 e. The summed E-state index contributed by atoms with van der Waals surface area (Å²) in [5.41, 5.74) is 1.30. The number of benzene rings is 1. The Balaban J connectivity index is 1.41. The Hall–Kier alpha value is -1.40. The van der Waals surface area contributed by atoms with E-state index in [-0.39, 0.29) is 12.2 Å². The monoisotopic (exact) mass is 319 g/mol. The Morgan fingerprint density at radius 3 is 2.74 bits per heavy atom. The predicted molar refractivity (Wildman–Crippen MR) is 86.9 cm³/mol. The topological polar surface area (TPSA) is 60.0 Å². The largest absolute Gasteiger partial charge is 0.488 e. The smallest absolute Gasteiger partial charge is 0.163 e. The summed E-state index contributed by atoms with van der Waals surface area (Å²) in [5.74, 6) is 0.161. The second-order valence-corrected chi connectivity index (χ2v) is 6.49. The minimum absolute atomic E-state index is 0.238. The summed E-state index contributed by atoms with van der Waals surface area (Å²) in [7, 11) is 0. The molecule has 0 amide bonds. The molecule has 3 atom stereocenters. The van der Waals surface area contributed by atoms with Crippen molar-refractivity contribution in [3.63, 3.8) is 0 Å². The van der Waals surface area contributed by atoms with Crippen LogP contribution in [0.5, 0.6) is 0 Å². The number of nitrogens with one attached hydrogen (secondary N) is 1. The lowest BCUT2D eigenvalue weighted by Gasteiger charge is -2.23. The summed E-state index contributed by atoms with van der Waals surface area (Å²) >= 11 is 0. The highest BCUT2D eigenvalue weighted by molar-refractivity contribution is 5.15. The normalized spacial score (nSPS) is 29.3. The van der Waals surface area contributed by atoms with E-state index in [2.05, 4.69) is 17.4 Å². The van der Waals surface area contributed by atoms with Gasteiger partial charge in [-0.2, -0.15) is 0 Å². The van der Waals surface area contributed by atoms with E-state index in [9.17, 15) is 5.11 Å². The van der Waals surface area contributed by atoms with Gasteiger partial charge in [-0.25, -0.2) is 0 Å². The van der Waals surface area contributed by atoms with E-state index in [1.807, 2.05) is 32.0 Å². The highest BCUT2D eigenvalue weighted by Crippen LogP contribution is 2.30. The molecule has 23 heavy (non-hydrogen) atoms. The summed E-state index contributed by atoms with van der Waals surface area (Å²) in [6.45, 7) is 5.65. The van der Waals surface area contributed by atoms with Crippen molar-refractivity contribution in [2.45, 2.75) is 44.4 Å². The van der Waals surface area contributed by atoms with Gasteiger partial charge in [0, 0.05) is 0 Å². The quantitative estimate of drug-likeness (QED) is 0.780. The first-order chi connectivity index (χ1) is 11.0. The van der Waals surface area contributed by atoms with Crippen LogP contribution in [0.25, 0.3) is 0 Å². The van der Waals surface area contributed by atoms with Gasteiger partial charge in [0.25, 0.3) is 0 Å². The fourth-order valence-electron chi connectivity index (χ4n) is 2.93. The van der Waals surface area contributed by atoms with Crippen LogP contribution in [0.4, 0.5) is 0 Å². The first-order valence-corrected chi connectivity index (χ1v) is 8.15. The molecule has 0 saturated carbocycles. The van der Waals surface area contributed by atoms with E-state index in [4.69, 9.17) is 14.2 Å². The third-order valence-corrected chi connectivity index (χ3v) is 4.11. The van der Waals surface area contributed by atoms with E-state index in [0.29, 0.717) is 13.2 Å². The lowest BCUT2D eigenvalue weighted by atomic mass is 10.1. The van der Waals surface area contributed by atoms with Crippen LogP contribution in [0.15, 0.2) is 42.2 Å². The third kappa shape index (κ3) is 4.32. The van der Waals surface area contributed by atoms with Crippen molar-refractivity contribution < 1.29 is 19.3 Å². The lowest BCUT2D eigenvalue weighted by Crippen LogP contribution is -2.38. The molecule has 0 aliphatic carbocycles. The van der Waals surface area contributed by atoms with Gasteiger partial charge in [0.2, 0.25) is 0 Å². The number of hydrogen-bond acceptors (Lipinski definition) is 5. The van der Waals surface area contributed by atoms with Crippen molar-refractivity contribution in [1.29, 1.82) is 0 Å². The number of aliphatic hydroxyl groups excluding tert-OH is 1. The van der Waals surface area contributed by atoms with Crippen LogP contribution in [0.1, 0.15) is 19.4 Å². The van der Waals surface area contributed by atoms with E-state index < -0.39 is 11.9 Å². The molecule has 0 spiro atoms. The van der Waals surface area contributed by atoms with Crippen molar-refractivity contribution in [3.8, 4) is 0 Å². The van der Waals surface area contributed by atoms with E-state index >= 15 is 0 Å². The number of hydrogen-bond donors (Lipinski definition) is 2. The van der Waals surface area contributed by atoms with Crippen molar-refractivity contribution in [2.75, 3.05) is 19.7 Å². The van der Waals surface area contributed by atoms with Gasteiger partial charge in [0.05, 0.1) is 13.2 Å². The zero-order chi connectivity index (χ0) is 16.3. The molecular formula is C18H25NO4. The molecule has 2 aliphatic heterocycles. The Bertz CT molecular complexity index is 543. The molecule has 1 aromatic carbocycles. The lowest BCUT2D eigenvalue weighted by molar-refractivity contribution is -0.156. The highest BCUT2D eigenvalue weighted by atomic mass is 16.8. The van der Waals surface area contributed by atoms with E-state index in [1.165, 1.54) is 5.56 Å². The molecule has 3 rings (SSSR count). The van der Waals surface area contributed by atoms with Crippen LogP contribution in [0, 0.1) is 0 Å². The highest BCUT2D eigenvalue weighted by Gasteiger charge is 2.43. The summed E-state index contributed by atoms with van der Waals surface area (Å²) < 4.78 is 17.2. The zero-order valence-electron chi connectivity index (χ0n) is 13.7. The minimum atomic E-state index is -0.650. The molecule has 5 heteroatoms. The van der Waals surface area contributed by atoms with Crippen molar-refractivity contribution in [3.05, 3.63) is 47.7 Å². The SMILES string of the molecule is CC1(C)OC[C@H]([C@H]2OC(CNCCc3ccccc3)=C[C@H]2O)O1. The third-order valence-electron chi connectivity index (χ3n) is 4.11. The number of aliphatic hydroxyl groups is 1. The van der Waals surface area contributed by atoms with Gasteiger partial charge >= 0.3 is 0 Å². The van der Waals surface area contributed by atoms with E-state index in [1.54, 1.807) is 6.08 Å². The first-order valence-electron chi connectivity index (χ1n) is 8.15. The van der Waals surface area contributed by atoms with E-state index in [0.717, 1.165) is 18.7 Å². The molecule has 1 saturated heterocycles. The summed E-state index contributed by atoms with van der Waals surface area (Å²) in [4.78, 5) is 0. The van der Waals surface area contributed by atoms with Gasteiger partial charge in [-0.05, 0) is 38.5 Å². The minimum Gasteiger partial charge on any atom is -0.488 e. The van der Waals surface area contributed by atoms with Gasteiger partial charge in [0.15, 0.2) is 11.9 Å². The van der Waals surface area contributed by atoms with Crippen molar-refractivity contribution in [1.82, 2.24) is 5.32 Å². The first kappa shape index (κ1) is 16.5. The second kappa shape index (κ2) is 7.01. The second-order valence-electron chi connectivity index (χ2n) is 6.49. The van der Waals surface area contributed by atoms with Crippen LogP contribution in [0.3, 0.4) is 0 Å². The molecule has 0 bridgehead atoms. The van der Waals surface area contributed by atoms with Crippen LogP contribution in [-0.2, 0) is 20.6 Å². The molecule has 1 fully saturated rings. The molecule has 0 aromatic heterocycles. The van der Waals surface area contributed by atoms with Crippen LogP contribution in [0.2, 0.25) is 0 Å². The fourth-order valence-corrected chi connectivity index (χ4v) is 2.93. The van der Waals surface area contributed by atoms with Crippen molar-refractivity contribution in [2.24, 2.45) is 0 Å². The molecule has 0 radical (unpaired) electrons. The summed E-state index contributed by atoms with van der Waals surface area (Å²) in [6, 6.07) is 10.3. The zero-order valence-corrected chi connectivity index (χ0v) is 13.7. The Morgan fingerprint density at radius 1 is 1.26 bits per heavy atom. The van der Waals surface area contributed by atoms with Crippen LogP contribution < -0.4 is 5.32 Å². The standard InChI is InChI=1S/C18H25NO4/c1-18(2)21-12-16(23-18)17-15(20)10-14(22-17)11-19-9-8-13-6-4-3-5-7-13/h3-7,10,15-17,19-20H,8-9,11-12H2,1-2H3/t15-,16-,17+/m1/s1.